The van der Waals surface area contributed by atoms with E-state index in [0.717, 1.165) is 18.2 Å². The Hall–Kier alpha value is -2.66. The summed E-state index contributed by atoms with van der Waals surface area (Å²) in [7, 11) is 0. The van der Waals surface area contributed by atoms with Crippen molar-refractivity contribution in [1.82, 2.24) is 5.32 Å². The van der Waals surface area contributed by atoms with Crippen LogP contribution in [0.15, 0.2) is 18.2 Å². The SMILES string of the molecule is CC(C)[C@@](C)(C#N)NC(=O)COC(=O)c1ccc([N+](=O)[O-])cc1Cl. The van der Waals surface area contributed by atoms with Gasteiger partial charge in [0.05, 0.1) is 21.6 Å². The Kier molecular flexibility index (Phi) is 6.26. The Labute approximate surface area is 143 Å². The lowest BCUT2D eigenvalue weighted by Gasteiger charge is -2.27. The van der Waals surface area contributed by atoms with E-state index in [0.29, 0.717) is 0 Å². The number of esters is 1. The van der Waals surface area contributed by atoms with Gasteiger partial charge in [0.15, 0.2) is 6.61 Å². The second-order valence-corrected chi connectivity index (χ2v) is 5.92. The molecule has 128 valence electrons. The standard InChI is InChI=1S/C15H16ClN3O5/c1-9(2)15(3,8-17)18-13(20)7-24-14(21)11-5-4-10(19(22)23)6-12(11)16/h4-6,9H,7H2,1-3H3,(H,18,20)/t15-/m1/s1. The van der Waals surface area contributed by atoms with Gasteiger partial charge in [0, 0.05) is 12.1 Å². The van der Waals surface area contributed by atoms with Crippen molar-refractivity contribution in [2.75, 3.05) is 6.61 Å². The Bertz CT molecular complexity index is 714. The van der Waals surface area contributed by atoms with Crippen molar-refractivity contribution in [3.8, 4) is 6.07 Å². The number of ether oxygens (including phenoxy) is 1. The lowest BCUT2D eigenvalue weighted by molar-refractivity contribution is -0.384. The second-order valence-electron chi connectivity index (χ2n) is 5.51. The van der Waals surface area contributed by atoms with E-state index in [1.807, 2.05) is 6.07 Å². The zero-order valence-electron chi connectivity index (χ0n) is 13.3. The maximum Gasteiger partial charge on any atom is 0.340 e. The quantitative estimate of drug-likeness (QED) is 0.476. The number of non-ortho nitro benzene ring substituents is 1. The summed E-state index contributed by atoms with van der Waals surface area (Å²) in [6.07, 6.45) is 0. The van der Waals surface area contributed by atoms with Crippen molar-refractivity contribution in [3.05, 3.63) is 38.9 Å². The van der Waals surface area contributed by atoms with Gasteiger partial charge >= 0.3 is 5.97 Å². The Balaban J connectivity index is 2.72. The number of carbonyl (C=O) groups excluding carboxylic acids is 2. The van der Waals surface area contributed by atoms with Crippen LogP contribution in [0.4, 0.5) is 5.69 Å². The Morgan fingerprint density at radius 3 is 2.58 bits per heavy atom. The van der Waals surface area contributed by atoms with E-state index >= 15 is 0 Å². The summed E-state index contributed by atoms with van der Waals surface area (Å²) in [5.41, 5.74) is -1.45. The summed E-state index contributed by atoms with van der Waals surface area (Å²) in [6, 6.07) is 5.27. The van der Waals surface area contributed by atoms with E-state index in [9.17, 15) is 19.7 Å². The Morgan fingerprint density at radius 1 is 1.50 bits per heavy atom. The summed E-state index contributed by atoms with van der Waals surface area (Å²) < 4.78 is 4.83. The molecule has 24 heavy (non-hydrogen) atoms. The number of hydrogen-bond donors (Lipinski definition) is 1. The first-order valence-corrected chi connectivity index (χ1v) is 7.32. The summed E-state index contributed by atoms with van der Waals surface area (Å²) in [5.74, 6) is -1.68. The molecule has 1 atom stereocenters. The highest BCUT2D eigenvalue weighted by atomic mass is 35.5. The highest BCUT2D eigenvalue weighted by Gasteiger charge is 2.30. The molecule has 1 aromatic rings. The van der Waals surface area contributed by atoms with E-state index < -0.39 is 28.9 Å². The lowest BCUT2D eigenvalue weighted by Crippen LogP contribution is -2.50. The number of amides is 1. The lowest BCUT2D eigenvalue weighted by atomic mass is 9.90. The van der Waals surface area contributed by atoms with Crippen LogP contribution in [-0.4, -0.2) is 28.9 Å². The van der Waals surface area contributed by atoms with Crippen LogP contribution in [0, 0.1) is 27.4 Å². The number of nitrogens with zero attached hydrogens (tertiary/aromatic N) is 2. The van der Waals surface area contributed by atoms with Gasteiger partial charge in [0.1, 0.15) is 5.54 Å². The molecule has 0 fully saturated rings. The van der Waals surface area contributed by atoms with Crippen LogP contribution in [-0.2, 0) is 9.53 Å². The molecule has 1 N–H and O–H groups in total. The molecule has 0 spiro atoms. The Morgan fingerprint density at radius 2 is 2.12 bits per heavy atom. The predicted octanol–water partition coefficient (Wildman–Crippen LogP) is 2.46. The third-order valence-electron chi connectivity index (χ3n) is 3.50. The van der Waals surface area contributed by atoms with Crippen molar-refractivity contribution < 1.29 is 19.2 Å². The van der Waals surface area contributed by atoms with E-state index in [1.54, 1.807) is 20.8 Å². The number of nitrogens with one attached hydrogen (secondary N) is 1. The smallest absolute Gasteiger partial charge is 0.340 e. The fourth-order valence-corrected chi connectivity index (χ4v) is 1.87. The van der Waals surface area contributed by atoms with Crippen molar-refractivity contribution in [2.24, 2.45) is 5.92 Å². The molecule has 0 heterocycles. The van der Waals surface area contributed by atoms with Gasteiger partial charge in [-0.15, -0.1) is 0 Å². The number of benzene rings is 1. The number of hydrogen-bond acceptors (Lipinski definition) is 6. The fourth-order valence-electron chi connectivity index (χ4n) is 1.62. The summed E-state index contributed by atoms with van der Waals surface area (Å²) >= 11 is 5.81. The average molecular weight is 354 g/mol. The first-order valence-electron chi connectivity index (χ1n) is 6.94. The van der Waals surface area contributed by atoms with Crippen molar-refractivity contribution in [3.63, 3.8) is 0 Å². The number of carbonyl (C=O) groups is 2. The number of nitriles is 1. The zero-order chi connectivity index (χ0) is 18.5. The molecule has 1 rings (SSSR count). The van der Waals surface area contributed by atoms with Crippen LogP contribution in [0.5, 0.6) is 0 Å². The summed E-state index contributed by atoms with van der Waals surface area (Å²) in [6.45, 7) is 4.50. The van der Waals surface area contributed by atoms with Crippen LogP contribution in [0.2, 0.25) is 5.02 Å². The molecule has 0 saturated heterocycles. The molecular weight excluding hydrogens is 338 g/mol. The molecule has 0 aliphatic rings. The second kappa shape index (κ2) is 7.75. The molecular formula is C15H16ClN3O5. The van der Waals surface area contributed by atoms with Crippen molar-refractivity contribution >= 4 is 29.2 Å². The predicted molar refractivity (Wildman–Crippen MR) is 85.4 cm³/mol. The van der Waals surface area contributed by atoms with Gasteiger partial charge in [-0.25, -0.2) is 4.79 Å². The number of nitro groups is 1. The van der Waals surface area contributed by atoms with Crippen LogP contribution in [0.25, 0.3) is 0 Å². The number of halogens is 1. The molecule has 9 heteroatoms. The molecule has 0 aliphatic heterocycles. The van der Waals surface area contributed by atoms with Crippen molar-refractivity contribution in [1.29, 1.82) is 5.26 Å². The number of rotatable bonds is 6. The third kappa shape index (κ3) is 4.67. The topological polar surface area (TPSA) is 122 Å². The van der Waals surface area contributed by atoms with Crippen molar-refractivity contribution in [2.45, 2.75) is 26.3 Å². The van der Waals surface area contributed by atoms with Crippen LogP contribution in [0.3, 0.4) is 0 Å². The molecule has 0 saturated carbocycles. The van der Waals surface area contributed by atoms with Crippen LogP contribution < -0.4 is 5.32 Å². The van der Waals surface area contributed by atoms with Gasteiger partial charge < -0.3 is 10.1 Å². The third-order valence-corrected chi connectivity index (χ3v) is 3.82. The minimum absolute atomic E-state index is 0.0954. The van der Waals surface area contributed by atoms with Gasteiger partial charge in [-0.3, -0.25) is 14.9 Å². The minimum atomic E-state index is -1.09. The highest BCUT2D eigenvalue weighted by Crippen LogP contribution is 2.23. The van der Waals surface area contributed by atoms with E-state index in [-0.39, 0.29) is 22.2 Å². The molecule has 0 bridgehead atoms. The minimum Gasteiger partial charge on any atom is -0.452 e. The number of nitro benzene ring substituents is 1. The molecule has 1 aromatic carbocycles. The first-order chi connectivity index (χ1) is 11.1. The van der Waals surface area contributed by atoms with E-state index in [4.69, 9.17) is 21.6 Å². The maximum atomic E-state index is 11.9. The molecule has 0 unspecified atom stereocenters. The molecule has 0 aliphatic carbocycles. The van der Waals surface area contributed by atoms with Gasteiger partial charge in [0.2, 0.25) is 0 Å². The average Bonchev–Trinajstić information content (AvgIpc) is 2.51. The summed E-state index contributed by atoms with van der Waals surface area (Å²) in [5, 5.41) is 22.1. The largest absolute Gasteiger partial charge is 0.452 e. The molecule has 1 amide bonds. The van der Waals surface area contributed by atoms with Gasteiger partial charge in [-0.1, -0.05) is 25.4 Å². The maximum absolute atomic E-state index is 11.9. The van der Waals surface area contributed by atoms with Gasteiger partial charge in [-0.2, -0.15) is 5.26 Å². The van der Waals surface area contributed by atoms with E-state index in [1.165, 1.54) is 0 Å². The first kappa shape index (κ1) is 19.4. The van der Waals surface area contributed by atoms with Gasteiger partial charge in [0.25, 0.3) is 11.6 Å². The molecule has 0 aromatic heterocycles. The van der Waals surface area contributed by atoms with Crippen LogP contribution in [0.1, 0.15) is 31.1 Å². The molecule has 8 nitrogen and oxygen atoms in total. The fraction of sp³-hybridized carbons (Fsp3) is 0.400. The van der Waals surface area contributed by atoms with Crippen LogP contribution >= 0.6 is 11.6 Å². The van der Waals surface area contributed by atoms with Gasteiger partial charge in [-0.05, 0) is 18.9 Å². The summed E-state index contributed by atoms with van der Waals surface area (Å²) in [4.78, 5) is 33.7. The zero-order valence-corrected chi connectivity index (χ0v) is 14.1. The monoisotopic (exact) mass is 353 g/mol. The molecule has 0 radical (unpaired) electrons. The normalized spacial score (nSPS) is 12.8. The van der Waals surface area contributed by atoms with E-state index in [2.05, 4.69) is 5.32 Å². The highest BCUT2D eigenvalue weighted by molar-refractivity contribution is 6.33.